The third kappa shape index (κ3) is 4.34. The van der Waals surface area contributed by atoms with Gasteiger partial charge in [-0.2, -0.15) is 20.5 Å². The Morgan fingerprint density at radius 1 is 1.11 bits per heavy atom. The molecule has 1 fully saturated rings. The zero-order valence-corrected chi connectivity index (χ0v) is 17.1. The molecular formula is C19H18ClF2NO3S2. The van der Waals surface area contributed by atoms with Crippen molar-refractivity contribution in [2.24, 2.45) is 0 Å². The summed E-state index contributed by atoms with van der Waals surface area (Å²) in [7, 11) is -4.86. The van der Waals surface area contributed by atoms with Crippen molar-refractivity contribution in [2.45, 2.75) is 22.3 Å². The monoisotopic (exact) mass is 445 g/mol. The number of alkyl halides is 2. The minimum atomic E-state index is -4.86. The Labute approximate surface area is 171 Å². The molecule has 1 aliphatic rings. The summed E-state index contributed by atoms with van der Waals surface area (Å²) >= 11 is 7.94. The van der Waals surface area contributed by atoms with Gasteiger partial charge in [0, 0.05) is 29.1 Å². The first-order valence-electron chi connectivity index (χ1n) is 8.58. The fourth-order valence-corrected chi connectivity index (χ4v) is 5.64. The fourth-order valence-electron chi connectivity index (χ4n) is 3.12. The van der Waals surface area contributed by atoms with Crippen molar-refractivity contribution in [1.29, 1.82) is 0 Å². The van der Waals surface area contributed by atoms with Crippen molar-refractivity contribution in [3.05, 3.63) is 64.7 Å². The molecular weight excluding hydrogens is 428 g/mol. The SMILES string of the molecule is O=C(c1ccccc1S(=O)(=O)C(F)F)N1CCSC(c2ccccc2Cl)CC1. The number of nitrogens with zero attached hydrogens (tertiary/aromatic N) is 1. The molecule has 4 nitrogen and oxygen atoms in total. The van der Waals surface area contributed by atoms with Gasteiger partial charge in [0.25, 0.3) is 5.91 Å². The number of hydrogen-bond acceptors (Lipinski definition) is 4. The molecule has 9 heteroatoms. The number of rotatable bonds is 4. The van der Waals surface area contributed by atoms with Crippen molar-refractivity contribution < 1.29 is 22.0 Å². The zero-order valence-electron chi connectivity index (χ0n) is 14.7. The highest BCUT2D eigenvalue weighted by Gasteiger charge is 2.33. The van der Waals surface area contributed by atoms with Crippen LogP contribution in [0.1, 0.15) is 27.6 Å². The van der Waals surface area contributed by atoms with Crippen LogP contribution in [0.25, 0.3) is 0 Å². The van der Waals surface area contributed by atoms with Gasteiger partial charge in [-0.1, -0.05) is 41.9 Å². The number of carbonyl (C=O) groups excluding carboxylic acids is 1. The highest BCUT2D eigenvalue weighted by molar-refractivity contribution is 7.99. The Morgan fingerprint density at radius 2 is 1.79 bits per heavy atom. The Kier molecular flexibility index (Phi) is 6.62. The van der Waals surface area contributed by atoms with Gasteiger partial charge in [0.05, 0.1) is 10.5 Å². The van der Waals surface area contributed by atoms with E-state index in [-0.39, 0.29) is 10.8 Å². The Hall–Kier alpha value is -1.64. The van der Waals surface area contributed by atoms with Crippen molar-refractivity contribution in [3.63, 3.8) is 0 Å². The van der Waals surface area contributed by atoms with E-state index in [4.69, 9.17) is 11.6 Å². The number of halogens is 3. The van der Waals surface area contributed by atoms with Crippen molar-refractivity contribution >= 4 is 39.1 Å². The van der Waals surface area contributed by atoms with Gasteiger partial charge in [0.1, 0.15) is 0 Å². The maximum Gasteiger partial charge on any atom is 0.341 e. The van der Waals surface area contributed by atoms with Crippen LogP contribution in [0, 0.1) is 0 Å². The molecule has 0 aromatic heterocycles. The summed E-state index contributed by atoms with van der Waals surface area (Å²) in [5.74, 6) is -3.50. The highest BCUT2D eigenvalue weighted by Crippen LogP contribution is 2.38. The van der Waals surface area contributed by atoms with Gasteiger partial charge in [0.2, 0.25) is 9.84 Å². The number of amides is 1. The zero-order chi connectivity index (χ0) is 20.3. The number of carbonyl (C=O) groups is 1. The topological polar surface area (TPSA) is 54.5 Å². The summed E-state index contributed by atoms with van der Waals surface area (Å²) in [5.41, 5.74) is 0.771. The average Bonchev–Trinajstić information content (AvgIpc) is 2.94. The maximum atomic E-state index is 13.0. The van der Waals surface area contributed by atoms with E-state index in [0.29, 0.717) is 30.3 Å². The van der Waals surface area contributed by atoms with Crippen LogP contribution in [0.15, 0.2) is 53.4 Å². The summed E-state index contributed by atoms with van der Waals surface area (Å²) < 4.78 is 49.9. The van der Waals surface area contributed by atoms with E-state index in [0.717, 1.165) is 11.6 Å². The first-order chi connectivity index (χ1) is 13.3. The van der Waals surface area contributed by atoms with Crippen molar-refractivity contribution in [1.82, 2.24) is 4.90 Å². The normalized spacial score (nSPS) is 18.1. The molecule has 0 saturated carbocycles. The molecule has 2 aromatic rings. The Morgan fingerprint density at radius 3 is 2.50 bits per heavy atom. The molecule has 1 saturated heterocycles. The van der Waals surface area contributed by atoms with Gasteiger partial charge in [-0.3, -0.25) is 4.79 Å². The predicted molar refractivity (Wildman–Crippen MR) is 107 cm³/mol. The third-order valence-electron chi connectivity index (χ3n) is 4.54. The number of sulfone groups is 1. The Bertz CT molecular complexity index is 969. The first kappa shape index (κ1) is 21.1. The van der Waals surface area contributed by atoms with Crippen LogP contribution < -0.4 is 0 Å². The van der Waals surface area contributed by atoms with Crippen LogP contribution in [-0.4, -0.2) is 43.8 Å². The highest BCUT2D eigenvalue weighted by atomic mass is 35.5. The van der Waals surface area contributed by atoms with Crippen LogP contribution in [0.5, 0.6) is 0 Å². The van der Waals surface area contributed by atoms with E-state index in [2.05, 4.69) is 0 Å². The molecule has 0 N–H and O–H groups in total. The first-order valence-corrected chi connectivity index (χ1v) is 11.6. The predicted octanol–water partition coefficient (Wildman–Crippen LogP) is 4.66. The van der Waals surface area contributed by atoms with Crippen LogP contribution in [0.4, 0.5) is 8.78 Å². The molecule has 150 valence electrons. The molecule has 0 aliphatic carbocycles. The molecule has 1 unspecified atom stereocenters. The average molecular weight is 446 g/mol. The van der Waals surface area contributed by atoms with E-state index in [1.165, 1.54) is 23.1 Å². The van der Waals surface area contributed by atoms with Gasteiger partial charge in [-0.15, -0.1) is 0 Å². The number of benzene rings is 2. The van der Waals surface area contributed by atoms with Crippen molar-refractivity contribution in [3.8, 4) is 0 Å². The van der Waals surface area contributed by atoms with Gasteiger partial charge >= 0.3 is 5.76 Å². The summed E-state index contributed by atoms with van der Waals surface area (Å²) in [5, 5.41) is 0.764. The van der Waals surface area contributed by atoms with Gasteiger partial charge < -0.3 is 4.90 Å². The lowest BCUT2D eigenvalue weighted by molar-refractivity contribution is 0.0762. The molecule has 2 aromatic carbocycles. The summed E-state index contributed by atoms with van der Waals surface area (Å²) in [6.45, 7) is 0.776. The smallest absolute Gasteiger partial charge is 0.338 e. The van der Waals surface area contributed by atoms with E-state index < -0.39 is 26.4 Å². The molecule has 0 spiro atoms. The number of thioether (sulfide) groups is 1. The molecule has 1 atom stereocenters. The summed E-state index contributed by atoms with van der Waals surface area (Å²) in [6, 6.07) is 12.6. The third-order valence-corrected chi connectivity index (χ3v) is 7.63. The second-order valence-electron chi connectivity index (χ2n) is 6.26. The fraction of sp³-hybridized carbons (Fsp3) is 0.316. The minimum absolute atomic E-state index is 0.103. The lowest BCUT2D eigenvalue weighted by atomic mass is 10.1. The molecule has 0 bridgehead atoms. The molecule has 0 radical (unpaired) electrons. The number of hydrogen-bond donors (Lipinski definition) is 0. The summed E-state index contributed by atoms with van der Waals surface area (Å²) in [6.07, 6.45) is 0.629. The van der Waals surface area contributed by atoms with E-state index in [1.807, 2.05) is 24.3 Å². The van der Waals surface area contributed by atoms with E-state index in [1.54, 1.807) is 11.8 Å². The van der Waals surface area contributed by atoms with Gasteiger partial charge in [-0.05, 0) is 30.2 Å². The minimum Gasteiger partial charge on any atom is -0.338 e. The molecule has 1 heterocycles. The molecule has 3 rings (SSSR count). The second-order valence-corrected chi connectivity index (χ2v) is 9.87. The standard InChI is InChI=1S/C19H18ClF2NO3S2/c20-15-7-3-1-5-13(15)16-9-10-23(11-12-27-16)18(24)14-6-2-4-8-17(14)28(25,26)19(21)22/h1-8,16,19H,9-12H2. The lowest BCUT2D eigenvalue weighted by Gasteiger charge is -2.22. The van der Waals surface area contributed by atoms with Crippen LogP contribution in [0.2, 0.25) is 5.02 Å². The van der Waals surface area contributed by atoms with E-state index >= 15 is 0 Å². The van der Waals surface area contributed by atoms with Gasteiger partial charge in [0.15, 0.2) is 0 Å². The Balaban J connectivity index is 1.83. The largest absolute Gasteiger partial charge is 0.341 e. The summed E-state index contributed by atoms with van der Waals surface area (Å²) in [4.78, 5) is 13.8. The van der Waals surface area contributed by atoms with Crippen LogP contribution in [-0.2, 0) is 9.84 Å². The van der Waals surface area contributed by atoms with Crippen LogP contribution in [0.3, 0.4) is 0 Å². The van der Waals surface area contributed by atoms with Crippen LogP contribution >= 0.6 is 23.4 Å². The quantitative estimate of drug-likeness (QED) is 0.687. The maximum absolute atomic E-state index is 13.0. The lowest BCUT2D eigenvalue weighted by Crippen LogP contribution is -2.34. The van der Waals surface area contributed by atoms with Crippen molar-refractivity contribution in [2.75, 3.05) is 18.8 Å². The molecule has 28 heavy (non-hydrogen) atoms. The second kappa shape index (κ2) is 8.80. The van der Waals surface area contributed by atoms with E-state index in [9.17, 15) is 22.0 Å². The molecule has 1 amide bonds. The van der Waals surface area contributed by atoms with Gasteiger partial charge in [-0.25, -0.2) is 8.42 Å². The molecule has 1 aliphatic heterocycles.